The van der Waals surface area contributed by atoms with Crippen LogP contribution in [0.3, 0.4) is 0 Å². The van der Waals surface area contributed by atoms with E-state index in [2.05, 4.69) is 15.0 Å². The zero-order valence-electron chi connectivity index (χ0n) is 4.30. The van der Waals surface area contributed by atoms with Gasteiger partial charge in [0.1, 0.15) is 0 Å². The smallest absolute Gasteiger partial charge is 0.363 e. The molecule has 32 valence electrons. The van der Waals surface area contributed by atoms with Gasteiger partial charge in [0, 0.05) is 0 Å². The Kier molecular flexibility index (Phi) is 3.83. The van der Waals surface area contributed by atoms with Gasteiger partial charge in [-0.25, -0.2) is 11.5 Å². The normalized spacial score (nSPS) is 7.57. The van der Waals surface area contributed by atoms with Crippen molar-refractivity contribution in [1.29, 1.82) is 0 Å². The average Bonchev–Trinajstić information content (AvgIpc) is 1.86. The number of hydrogen-bond donors (Lipinski definition) is 0. The van der Waals surface area contributed by atoms with Gasteiger partial charge in [0.2, 0.25) is 0 Å². The fraction of sp³-hybridized carbons (Fsp3) is 0.333. The van der Waals surface area contributed by atoms with Gasteiger partial charge in [-0.15, -0.1) is 10.2 Å². The molecule has 0 aliphatic heterocycles. The van der Waals surface area contributed by atoms with E-state index < -0.39 is 0 Å². The molecule has 0 amide bonds. The van der Waals surface area contributed by atoms with Crippen LogP contribution in [0.5, 0.6) is 0 Å². The summed E-state index contributed by atoms with van der Waals surface area (Å²) in [5.74, 6) is 0. The molecule has 1 aromatic heterocycles. The topological polar surface area (TPSA) is 25.8 Å². The van der Waals surface area contributed by atoms with E-state index in [-0.39, 0.29) is 29.6 Å². The second-order valence-corrected chi connectivity index (χ2v) is 1.51. The molecule has 0 saturated carbocycles. The molecule has 0 fully saturated rings. The van der Waals surface area contributed by atoms with Crippen LogP contribution in [0.4, 0.5) is 0 Å². The Hall–Kier alpha value is 0.560. The molecule has 0 aliphatic carbocycles. The van der Waals surface area contributed by atoms with Crippen LogP contribution in [0.2, 0.25) is 0 Å². The minimum atomic E-state index is 0. The number of hydrogen-bond acceptors (Lipinski definition) is 3. The SMILES string of the molecule is Cc1[c-]snn1.[Na+]. The number of aromatic nitrogens is 2. The molecule has 0 aliphatic rings. The van der Waals surface area contributed by atoms with E-state index in [9.17, 15) is 0 Å². The van der Waals surface area contributed by atoms with Crippen LogP contribution in [0.15, 0.2) is 0 Å². The molecule has 1 rings (SSSR count). The Morgan fingerprint density at radius 1 is 1.71 bits per heavy atom. The molecule has 0 spiro atoms. The molecule has 1 heterocycles. The van der Waals surface area contributed by atoms with Gasteiger partial charge in [-0.1, -0.05) is 6.92 Å². The molecular weight excluding hydrogens is 119 g/mol. The van der Waals surface area contributed by atoms with Gasteiger partial charge in [-0.2, -0.15) is 5.10 Å². The second kappa shape index (κ2) is 3.55. The Morgan fingerprint density at radius 2 is 2.43 bits per heavy atom. The van der Waals surface area contributed by atoms with Crippen LogP contribution in [-0.2, 0) is 0 Å². The number of nitrogens with zero attached hydrogens (tertiary/aromatic N) is 2. The first-order valence-corrected chi connectivity index (χ1v) is 2.33. The molecule has 1 aromatic rings. The fourth-order valence-corrected chi connectivity index (χ4v) is 0.566. The maximum atomic E-state index is 3.63. The molecule has 0 bridgehead atoms. The molecule has 0 unspecified atom stereocenters. The van der Waals surface area contributed by atoms with Gasteiger partial charge in [0.15, 0.2) is 0 Å². The summed E-state index contributed by atoms with van der Waals surface area (Å²) in [5.41, 5.74) is 0.875. The predicted molar refractivity (Wildman–Crippen MR) is 23.5 cm³/mol. The Morgan fingerprint density at radius 3 is 2.57 bits per heavy atom. The maximum Gasteiger partial charge on any atom is 1.00 e. The summed E-state index contributed by atoms with van der Waals surface area (Å²) in [6, 6.07) is 0. The van der Waals surface area contributed by atoms with E-state index in [0.29, 0.717) is 0 Å². The second-order valence-electron chi connectivity index (χ2n) is 0.960. The molecule has 0 atom stereocenters. The van der Waals surface area contributed by atoms with Crippen molar-refractivity contribution in [2.24, 2.45) is 0 Å². The molecule has 4 heteroatoms. The van der Waals surface area contributed by atoms with Crippen LogP contribution < -0.4 is 29.6 Å². The van der Waals surface area contributed by atoms with Crippen molar-refractivity contribution in [3.05, 3.63) is 11.1 Å². The Bertz CT molecular complexity index is 116. The zero-order valence-corrected chi connectivity index (χ0v) is 7.12. The Balaban J connectivity index is 0.000000360. The zero-order chi connectivity index (χ0) is 4.41. The van der Waals surface area contributed by atoms with Crippen molar-refractivity contribution in [2.45, 2.75) is 6.92 Å². The third-order valence-corrected chi connectivity index (χ3v) is 0.975. The minimum Gasteiger partial charge on any atom is -0.363 e. The summed E-state index contributed by atoms with van der Waals surface area (Å²) in [6.45, 7) is 1.86. The first-order valence-electron chi connectivity index (χ1n) is 1.56. The molecule has 0 N–H and O–H groups in total. The number of aryl methyl sites for hydroxylation is 1. The van der Waals surface area contributed by atoms with Gasteiger partial charge in [0.05, 0.1) is 0 Å². The van der Waals surface area contributed by atoms with Gasteiger partial charge >= 0.3 is 29.6 Å². The molecular formula is C3H3N2NaS. The molecule has 0 aromatic carbocycles. The van der Waals surface area contributed by atoms with Crippen molar-refractivity contribution in [2.75, 3.05) is 0 Å². The molecule has 0 saturated heterocycles. The van der Waals surface area contributed by atoms with Crippen LogP contribution >= 0.6 is 11.5 Å². The molecule has 0 radical (unpaired) electrons. The summed E-state index contributed by atoms with van der Waals surface area (Å²) >= 11 is 1.25. The standard InChI is InChI=1S/C3H3N2S.Na/c1-3-2-6-5-4-3;/h1H3;/q-1;+1. The summed E-state index contributed by atoms with van der Waals surface area (Å²) in [5, 5.41) is 6.45. The first-order chi connectivity index (χ1) is 2.89. The van der Waals surface area contributed by atoms with Crippen molar-refractivity contribution in [3.63, 3.8) is 0 Å². The van der Waals surface area contributed by atoms with Crippen LogP contribution in [-0.4, -0.2) is 9.59 Å². The largest absolute Gasteiger partial charge is 1.00 e. The first kappa shape index (κ1) is 7.56. The van der Waals surface area contributed by atoms with Crippen molar-refractivity contribution >= 4 is 11.5 Å². The quantitative estimate of drug-likeness (QED) is 0.284. The van der Waals surface area contributed by atoms with Crippen molar-refractivity contribution < 1.29 is 29.6 Å². The van der Waals surface area contributed by atoms with Crippen LogP contribution in [0.1, 0.15) is 5.69 Å². The Labute approximate surface area is 68.4 Å². The molecule has 7 heavy (non-hydrogen) atoms. The van der Waals surface area contributed by atoms with E-state index in [1.807, 2.05) is 6.92 Å². The van der Waals surface area contributed by atoms with Gasteiger partial charge in [0.25, 0.3) is 0 Å². The van der Waals surface area contributed by atoms with E-state index in [1.165, 1.54) is 11.5 Å². The van der Waals surface area contributed by atoms with Crippen LogP contribution in [0, 0.1) is 12.3 Å². The molecule has 2 nitrogen and oxygen atoms in total. The van der Waals surface area contributed by atoms with Gasteiger partial charge < -0.3 is 5.38 Å². The van der Waals surface area contributed by atoms with E-state index in [0.717, 1.165) is 5.69 Å². The van der Waals surface area contributed by atoms with Crippen LogP contribution in [0.25, 0.3) is 0 Å². The number of rotatable bonds is 0. The van der Waals surface area contributed by atoms with E-state index in [4.69, 9.17) is 0 Å². The van der Waals surface area contributed by atoms with Gasteiger partial charge in [-0.05, 0) is 0 Å². The van der Waals surface area contributed by atoms with Crippen molar-refractivity contribution in [1.82, 2.24) is 9.59 Å². The average molecular weight is 122 g/mol. The summed E-state index contributed by atoms with van der Waals surface area (Å²) < 4.78 is 3.56. The predicted octanol–water partition coefficient (Wildman–Crippen LogP) is -2.35. The van der Waals surface area contributed by atoms with E-state index >= 15 is 0 Å². The third kappa shape index (κ3) is 2.39. The monoisotopic (exact) mass is 122 g/mol. The fourth-order valence-electron chi connectivity index (χ4n) is 0.189. The summed E-state index contributed by atoms with van der Waals surface area (Å²) in [7, 11) is 0. The van der Waals surface area contributed by atoms with Crippen molar-refractivity contribution in [3.8, 4) is 0 Å². The summed E-state index contributed by atoms with van der Waals surface area (Å²) in [4.78, 5) is 0. The van der Waals surface area contributed by atoms with Gasteiger partial charge in [-0.3, -0.25) is 0 Å². The third-order valence-electron chi connectivity index (χ3n) is 0.425. The van der Waals surface area contributed by atoms with E-state index in [1.54, 1.807) is 0 Å². The maximum absolute atomic E-state index is 3.63. The summed E-state index contributed by atoms with van der Waals surface area (Å²) in [6.07, 6.45) is 0. The minimum absolute atomic E-state index is 0.